The molecule has 0 aliphatic rings. The average Bonchev–Trinajstić information content (AvgIpc) is 2.46. The minimum Gasteiger partial charge on any atom is -0.497 e. The minimum atomic E-state index is 0.703. The smallest absolute Gasteiger partial charge is 0.147 e. The molecule has 100 valence electrons. The molecule has 0 saturated carbocycles. The fourth-order valence-corrected chi connectivity index (χ4v) is 1.64. The largest absolute Gasteiger partial charge is 0.497 e. The van der Waals surface area contributed by atoms with Gasteiger partial charge in [-0.25, -0.2) is 0 Å². The Bertz CT molecular complexity index is 529. The van der Waals surface area contributed by atoms with E-state index in [0.29, 0.717) is 5.75 Å². The number of pyridine rings is 1. The summed E-state index contributed by atoms with van der Waals surface area (Å²) in [5, 5.41) is 3.28. The summed E-state index contributed by atoms with van der Waals surface area (Å²) in [7, 11) is 1.63. The molecule has 0 amide bonds. The van der Waals surface area contributed by atoms with Crippen molar-refractivity contribution < 1.29 is 9.47 Å². The molecule has 0 spiro atoms. The predicted molar refractivity (Wildman–Crippen MR) is 76.1 cm³/mol. The van der Waals surface area contributed by atoms with E-state index in [9.17, 15) is 0 Å². The van der Waals surface area contributed by atoms with Crippen LogP contribution in [-0.4, -0.2) is 18.6 Å². The summed E-state index contributed by atoms with van der Waals surface area (Å²) in [4.78, 5) is 4.16. The molecule has 1 aromatic carbocycles. The zero-order valence-electron chi connectivity index (χ0n) is 11.2. The number of nitrogens with zero attached hydrogens (tertiary/aromatic N) is 1. The van der Waals surface area contributed by atoms with Crippen LogP contribution in [0.4, 0.5) is 5.69 Å². The van der Waals surface area contributed by atoms with Crippen LogP contribution in [0.25, 0.3) is 0 Å². The number of rotatable bonds is 6. The van der Waals surface area contributed by atoms with Gasteiger partial charge in [0.25, 0.3) is 0 Å². The molecule has 4 nitrogen and oxygen atoms in total. The highest BCUT2D eigenvalue weighted by atomic mass is 16.5. The molecule has 4 heteroatoms. The first-order chi connectivity index (χ1) is 9.31. The van der Waals surface area contributed by atoms with Crippen LogP contribution in [0.3, 0.4) is 0 Å². The molecule has 0 unspecified atom stereocenters. The van der Waals surface area contributed by atoms with E-state index >= 15 is 0 Å². The third-order valence-corrected chi connectivity index (χ3v) is 2.57. The first kappa shape index (κ1) is 13.2. The lowest BCUT2D eigenvalue weighted by Crippen LogP contribution is -2.00. The van der Waals surface area contributed by atoms with E-state index in [-0.39, 0.29) is 0 Å². The Morgan fingerprint density at radius 3 is 2.74 bits per heavy atom. The average molecular weight is 258 g/mol. The van der Waals surface area contributed by atoms with E-state index in [0.717, 1.165) is 30.2 Å². The van der Waals surface area contributed by atoms with Gasteiger partial charge < -0.3 is 14.8 Å². The van der Waals surface area contributed by atoms with E-state index < -0.39 is 0 Å². The Kier molecular flexibility index (Phi) is 4.61. The first-order valence-corrected chi connectivity index (χ1v) is 6.32. The summed E-state index contributed by atoms with van der Waals surface area (Å²) in [6.07, 6.45) is 4.55. The molecule has 0 saturated heterocycles. The normalized spacial score (nSPS) is 10.0. The van der Waals surface area contributed by atoms with Crippen molar-refractivity contribution in [3.63, 3.8) is 0 Å². The molecule has 0 bridgehead atoms. The van der Waals surface area contributed by atoms with Gasteiger partial charge in [-0.15, -0.1) is 0 Å². The number of nitrogens with one attached hydrogen (secondary N) is 1. The zero-order valence-corrected chi connectivity index (χ0v) is 11.2. The summed E-state index contributed by atoms with van der Waals surface area (Å²) in [6.45, 7) is 3.04. The number of ether oxygens (including phenoxy) is 2. The topological polar surface area (TPSA) is 43.4 Å². The summed E-state index contributed by atoms with van der Waals surface area (Å²) in [6, 6.07) is 9.42. The maximum absolute atomic E-state index is 5.76. The summed E-state index contributed by atoms with van der Waals surface area (Å²) in [5.74, 6) is 2.20. The van der Waals surface area contributed by atoms with Crippen molar-refractivity contribution in [2.75, 3.05) is 19.0 Å². The molecule has 1 N–H and O–H groups in total. The van der Waals surface area contributed by atoms with Crippen molar-refractivity contribution in [3.05, 3.63) is 42.7 Å². The Morgan fingerprint density at radius 2 is 1.95 bits per heavy atom. The fraction of sp³-hybridized carbons (Fsp3) is 0.267. The van der Waals surface area contributed by atoms with Crippen molar-refractivity contribution in [2.24, 2.45) is 0 Å². The number of hydrogen-bond donors (Lipinski definition) is 1. The fourth-order valence-electron chi connectivity index (χ4n) is 1.64. The number of methoxy groups -OCH3 is 1. The van der Waals surface area contributed by atoms with Gasteiger partial charge in [-0.1, -0.05) is 13.0 Å². The van der Waals surface area contributed by atoms with Gasteiger partial charge in [-0.05, 0) is 18.6 Å². The Morgan fingerprint density at radius 1 is 1.11 bits per heavy atom. The third kappa shape index (κ3) is 3.88. The van der Waals surface area contributed by atoms with Crippen LogP contribution >= 0.6 is 0 Å². The van der Waals surface area contributed by atoms with Gasteiger partial charge in [0, 0.05) is 18.7 Å². The van der Waals surface area contributed by atoms with Crippen LogP contribution in [0.1, 0.15) is 13.3 Å². The molecule has 2 aromatic rings. The molecule has 0 aliphatic heterocycles. The van der Waals surface area contributed by atoms with Crippen LogP contribution in [-0.2, 0) is 0 Å². The van der Waals surface area contributed by atoms with Crippen molar-refractivity contribution in [2.45, 2.75) is 13.3 Å². The van der Waals surface area contributed by atoms with Crippen molar-refractivity contribution >= 4 is 5.69 Å². The lowest BCUT2D eigenvalue weighted by Gasteiger charge is -2.09. The van der Waals surface area contributed by atoms with E-state index in [4.69, 9.17) is 9.47 Å². The lowest BCUT2D eigenvalue weighted by molar-refractivity contribution is 0.409. The summed E-state index contributed by atoms with van der Waals surface area (Å²) < 4.78 is 10.9. The van der Waals surface area contributed by atoms with Crippen molar-refractivity contribution in [1.82, 2.24) is 4.98 Å². The monoisotopic (exact) mass is 258 g/mol. The highest BCUT2D eigenvalue weighted by molar-refractivity contribution is 5.46. The standard InChI is InChI=1S/C15H18N2O2/c1-3-7-17-12-8-15(11-16-10-12)19-14-6-4-5-13(9-14)18-2/h4-6,8-11,17H,3,7H2,1-2H3. The SMILES string of the molecule is CCCNc1cncc(Oc2cccc(OC)c2)c1. The maximum Gasteiger partial charge on any atom is 0.147 e. The van der Waals surface area contributed by atoms with Crippen LogP contribution in [0, 0.1) is 0 Å². The highest BCUT2D eigenvalue weighted by Gasteiger charge is 2.01. The quantitative estimate of drug-likeness (QED) is 0.857. The van der Waals surface area contributed by atoms with Crippen LogP contribution in [0.15, 0.2) is 42.7 Å². The molecule has 0 fully saturated rings. The highest BCUT2D eigenvalue weighted by Crippen LogP contribution is 2.26. The second-order valence-corrected chi connectivity index (χ2v) is 4.12. The van der Waals surface area contributed by atoms with Gasteiger partial charge in [0.05, 0.1) is 25.2 Å². The van der Waals surface area contributed by atoms with E-state index in [2.05, 4.69) is 17.2 Å². The summed E-state index contributed by atoms with van der Waals surface area (Å²) >= 11 is 0. The van der Waals surface area contributed by atoms with Gasteiger partial charge in [-0.3, -0.25) is 4.98 Å². The van der Waals surface area contributed by atoms with Gasteiger partial charge >= 0.3 is 0 Å². The van der Waals surface area contributed by atoms with E-state index in [1.165, 1.54) is 0 Å². The van der Waals surface area contributed by atoms with Gasteiger partial charge in [0.15, 0.2) is 0 Å². The van der Waals surface area contributed by atoms with Crippen LogP contribution < -0.4 is 14.8 Å². The molecule has 0 aliphatic carbocycles. The van der Waals surface area contributed by atoms with Gasteiger partial charge in [0.1, 0.15) is 17.2 Å². The molecule has 19 heavy (non-hydrogen) atoms. The second-order valence-electron chi connectivity index (χ2n) is 4.12. The van der Waals surface area contributed by atoms with E-state index in [1.54, 1.807) is 19.5 Å². The van der Waals surface area contributed by atoms with Crippen LogP contribution in [0.2, 0.25) is 0 Å². The Labute approximate surface area is 113 Å². The van der Waals surface area contributed by atoms with E-state index in [1.807, 2.05) is 30.3 Å². The van der Waals surface area contributed by atoms with Crippen molar-refractivity contribution in [3.8, 4) is 17.2 Å². The number of benzene rings is 1. The molecule has 1 heterocycles. The Hall–Kier alpha value is -2.23. The first-order valence-electron chi connectivity index (χ1n) is 6.32. The third-order valence-electron chi connectivity index (χ3n) is 2.57. The number of hydrogen-bond acceptors (Lipinski definition) is 4. The number of anilines is 1. The Balaban J connectivity index is 2.09. The molecule has 0 radical (unpaired) electrons. The van der Waals surface area contributed by atoms with Crippen LogP contribution in [0.5, 0.6) is 17.2 Å². The van der Waals surface area contributed by atoms with Gasteiger partial charge in [-0.2, -0.15) is 0 Å². The molecule has 2 rings (SSSR count). The maximum atomic E-state index is 5.76. The number of aromatic nitrogens is 1. The zero-order chi connectivity index (χ0) is 13.5. The molecular weight excluding hydrogens is 240 g/mol. The lowest BCUT2D eigenvalue weighted by atomic mass is 10.3. The molecule has 1 aromatic heterocycles. The second kappa shape index (κ2) is 6.64. The minimum absolute atomic E-state index is 0.703. The van der Waals surface area contributed by atoms with Gasteiger partial charge in [0.2, 0.25) is 0 Å². The summed E-state index contributed by atoms with van der Waals surface area (Å²) in [5.41, 5.74) is 0.960. The molecular formula is C15H18N2O2. The molecule has 0 atom stereocenters. The predicted octanol–water partition coefficient (Wildman–Crippen LogP) is 3.70. The van der Waals surface area contributed by atoms with Crippen molar-refractivity contribution in [1.29, 1.82) is 0 Å².